The van der Waals surface area contributed by atoms with E-state index in [1.165, 1.54) is 0 Å². The number of benzene rings is 2. The molecule has 2 aliphatic rings. The summed E-state index contributed by atoms with van der Waals surface area (Å²) in [5, 5.41) is 0. The molecular formula is C20H8F10O5. The lowest BCUT2D eigenvalue weighted by Crippen LogP contribution is -2.32. The second-order valence-electron chi connectivity index (χ2n) is 7.73. The van der Waals surface area contributed by atoms with Gasteiger partial charge in [-0.1, -0.05) is 0 Å². The third-order valence-corrected chi connectivity index (χ3v) is 5.57. The molecule has 1 aliphatic carbocycles. The van der Waals surface area contributed by atoms with Gasteiger partial charge in [-0.2, -0.15) is 17.6 Å². The normalized spacial score (nSPS) is 20.3. The summed E-state index contributed by atoms with van der Waals surface area (Å²) >= 11 is 0. The second kappa shape index (κ2) is 8.39. The SMILES string of the molecule is O=C(Oc1c(F)c(F)c(F)c(F)c1F)[C@@H]1CC2(CO2)C[C@H]1C(=O)Oc1c(F)c(F)c(F)c(F)c1F. The van der Waals surface area contributed by atoms with Crippen molar-refractivity contribution in [2.24, 2.45) is 11.8 Å². The molecule has 0 radical (unpaired) electrons. The van der Waals surface area contributed by atoms with Crippen LogP contribution in [0.15, 0.2) is 0 Å². The Bertz CT molecular complexity index is 1120. The highest BCUT2D eigenvalue weighted by molar-refractivity contribution is 5.85. The van der Waals surface area contributed by atoms with Crippen LogP contribution in [0.25, 0.3) is 0 Å². The molecule has 1 heterocycles. The molecule has 0 bridgehead atoms. The van der Waals surface area contributed by atoms with E-state index < -0.39 is 112 Å². The summed E-state index contributed by atoms with van der Waals surface area (Å²) in [6.07, 6.45) is -0.837. The number of carbonyl (C=O) groups excluding carboxylic acids is 2. The molecule has 2 aromatic carbocycles. The topological polar surface area (TPSA) is 65.1 Å². The van der Waals surface area contributed by atoms with Gasteiger partial charge < -0.3 is 14.2 Å². The average Bonchev–Trinajstić information content (AvgIpc) is 3.48. The van der Waals surface area contributed by atoms with Gasteiger partial charge >= 0.3 is 11.9 Å². The number of hydrogen-bond donors (Lipinski definition) is 0. The molecule has 0 amide bonds. The smallest absolute Gasteiger partial charge is 0.315 e. The zero-order chi connectivity index (χ0) is 26.0. The third-order valence-electron chi connectivity index (χ3n) is 5.57. The van der Waals surface area contributed by atoms with Crippen LogP contribution in [-0.2, 0) is 14.3 Å². The molecule has 1 aliphatic heterocycles. The van der Waals surface area contributed by atoms with Crippen LogP contribution in [0.2, 0.25) is 0 Å². The van der Waals surface area contributed by atoms with E-state index in [4.69, 9.17) is 4.74 Å². The van der Waals surface area contributed by atoms with Crippen molar-refractivity contribution in [3.63, 3.8) is 0 Å². The zero-order valence-electron chi connectivity index (χ0n) is 16.6. The summed E-state index contributed by atoms with van der Waals surface area (Å²) in [6.45, 7) is -0.0639. The predicted molar refractivity (Wildman–Crippen MR) is 88.6 cm³/mol. The van der Waals surface area contributed by atoms with Crippen molar-refractivity contribution in [3.05, 3.63) is 58.2 Å². The molecule has 0 aromatic heterocycles. The highest BCUT2D eigenvalue weighted by atomic mass is 19.2. The minimum Gasteiger partial charge on any atom is -0.420 e. The maximum Gasteiger partial charge on any atom is 0.315 e. The van der Waals surface area contributed by atoms with Crippen LogP contribution >= 0.6 is 0 Å². The van der Waals surface area contributed by atoms with Crippen LogP contribution in [0.5, 0.6) is 11.5 Å². The lowest BCUT2D eigenvalue weighted by atomic mass is 9.96. The van der Waals surface area contributed by atoms with Crippen molar-refractivity contribution in [2.75, 3.05) is 6.61 Å². The van der Waals surface area contributed by atoms with E-state index >= 15 is 0 Å². The van der Waals surface area contributed by atoms with Gasteiger partial charge in [-0.05, 0) is 12.8 Å². The summed E-state index contributed by atoms with van der Waals surface area (Å²) in [5.41, 5.74) is -1.19. The van der Waals surface area contributed by atoms with E-state index in [1.807, 2.05) is 0 Å². The van der Waals surface area contributed by atoms with Crippen molar-refractivity contribution in [2.45, 2.75) is 18.4 Å². The number of halogens is 10. The quantitative estimate of drug-likeness (QED) is 0.150. The van der Waals surface area contributed by atoms with E-state index in [0.29, 0.717) is 0 Å². The molecule has 0 N–H and O–H groups in total. The van der Waals surface area contributed by atoms with Crippen molar-refractivity contribution >= 4 is 11.9 Å². The molecule has 2 fully saturated rings. The van der Waals surface area contributed by atoms with Crippen LogP contribution in [0, 0.1) is 70.0 Å². The predicted octanol–water partition coefficient (Wildman–Crippen LogP) is 4.38. The number of rotatable bonds is 4. The molecule has 2 atom stereocenters. The van der Waals surface area contributed by atoms with Crippen LogP contribution in [0.4, 0.5) is 43.9 Å². The van der Waals surface area contributed by atoms with Crippen molar-refractivity contribution in [1.29, 1.82) is 0 Å². The highest BCUT2D eigenvalue weighted by Gasteiger charge is 2.60. The molecular weight excluding hydrogens is 510 g/mol. The maximum atomic E-state index is 13.9. The molecule has 5 nitrogen and oxygen atoms in total. The average molecular weight is 518 g/mol. The standard InChI is InChI=1S/C20H8F10O5/c21-6-8(23)12(27)16(13(28)9(6)24)34-18(31)4-1-20(3-33-20)2-5(4)19(32)35-17-14(29)10(25)7(22)11(26)15(17)30/h4-5H,1-3H2/t4-,5-/m1/s1. The van der Waals surface area contributed by atoms with Crippen molar-refractivity contribution in [3.8, 4) is 11.5 Å². The third kappa shape index (κ3) is 3.96. The van der Waals surface area contributed by atoms with Crippen LogP contribution < -0.4 is 9.47 Å². The Labute approximate surface area is 187 Å². The monoisotopic (exact) mass is 518 g/mol. The van der Waals surface area contributed by atoms with Crippen LogP contribution in [0.3, 0.4) is 0 Å². The molecule has 15 heteroatoms. The van der Waals surface area contributed by atoms with Gasteiger partial charge in [0.05, 0.1) is 24.0 Å². The van der Waals surface area contributed by atoms with E-state index in [2.05, 4.69) is 9.47 Å². The van der Waals surface area contributed by atoms with Gasteiger partial charge in [0.25, 0.3) is 0 Å². The number of ether oxygens (including phenoxy) is 3. The molecule has 2 aromatic rings. The van der Waals surface area contributed by atoms with Crippen molar-refractivity contribution < 1.29 is 67.7 Å². The number of esters is 2. The van der Waals surface area contributed by atoms with E-state index in [0.717, 1.165) is 0 Å². The lowest BCUT2D eigenvalue weighted by Gasteiger charge is -2.18. The maximum absolute atomic E-state index is 13.9. The first-order valence-electron chi connectivity index (χ1n) is 9.40. The summed E-state index contributed by atoms with van der Waals surface area (Å²) in [7, 11) is 0. The fourth-order valence-electron chi connectivity index (χ4n) is 3.70. The Kier molecular flexibility index (Phi) is 5.93. The van der Waals surface area contributed by atoms with E-state index in [1.54, 1.807) is 0 Å². The highest BCUT2D eigenvalue weighted by Crippen LogP contribution is 2.50. The number of carbonyl (C=O) groups is 2. The van der Waals surface area contributed by atoms with Gasteiger partial charge in [-0.25, -0.2) is 26.3 Å². The Balaban J connectivity index is 1.63. The Morgan fingerprint density at radius 2 is 0.829 bits per heavy atom. The molecule has 4 rings (SSSR count). The Morgan fingerprint density at radius 3 is 1.09 bits per heavy atom. The van der Waals surface area contributed by atoms with Gasteiger partial charge in [-0.15, -0.1) is 0 Å². The van der Waals surface area contributed by atoms with Gasteiger partial charge in [0, 0.05) is 0 Å². The van der Waals surface area contributed by atoms with Gasteiger partial charge in [0.2, 0.25) is 69.7 Å². The Morgan fingerprint density at radius 1 is 0.571 bits per heavy atom. The minimum absolute atomic E-state index is 0.0639. The first-order chi connectivity index (χ1) is 16.3. The largest absolute Gasteiger partial charge is 0.420 e. The van der Waals surface area contributed by atoms with Gasteiger partial charge in [0.15, 0.2) is 0 Å². The molecule has 188 valence electrons. The molecule has 0 unspecified atom stereocenters. The van der Waals surface area contributed by atoms with E-state index in [-0.39, 0.29) is 6.61 Å². The second-order valence-corrected chi connectivity index (χ2v) is 7.73. The molecule has 1 spiro atoms. The zero-order valence-corrected chi connectivity index (χ0v) is 16.6. The molecule has 1 saturated heterocycles. The first-order valence-corrected chi connectivity index (χ1v) is 9.40. The minimum atomic E-state index is -2.53. The number of hydrogen-bond acceptors (Lipinski definition) is 5. The van der Waals surface area contributed by atoms with Crippen LogP contribution in [-0.4, -0.2) is 24.1 Å². The van der Waals surface area contributed by atoms with Gasteiger partial charge in [0.1, 0.15) is 0 Å². The molecule has 1 saturated carbocycles. The van der Waals surface area contributed by atoms with E-state index in [9.17, 15) is 53.5 Å². The van der Waals surface area contributed by atoms with Gasteiger partial charge in [-0.3, -0.25) is 9.59 Å². The summed E-state index contributed by atoms with van der Waals surface area (Å²) in [6, 6.07) is 0. The summed E-state index contributed by atoms with van der Waals surface area (Å²) in [5.74, 6) is -35.7. The van der Waals surface area contributed by atoms with Crippen LogP contribution in [0.1, 0.15) is 12.8 Å². The first kappa shape index (κ1) is 24.8. The summed E-state index contributed by atoms with van der Waals surface area (Å²) in [4.78, 5) is 25.0. The molecule has 35 heavy (non-hydrogen) atoms. The fraction of sp³-hybridized carbons (Fsp3) is 0.300. The summed E-state index contributed by atoms with van der Waals surface area (Å²) < 4.78 is 149. The lowest BCUT2D eigenvalue weighted by molar-refractivity contribution is -0.149. The number of epoxide rings is 1. The van der Waals surface area contributed by atoms with Crippen molar-refractivity contribution in [1.82, 2.24) is 0 Å². The fourth-order valence-corrected chi connectivity index (χ4v) is 3.70. The Hall–Kier alpha value is -3.36.